The van der Waals surface area contributed by atoms with E-state index in [1.54, 1.807) is 11.3 Å². The standard InChI is InChI=1S/C17H19N3O2S3/c1-12-5-2-3-7-15(12)18-16-19-20-17(25-16)24-11-13(21)9-22-10-14-6-4-8-23-14/h2-8,13,21H,9-11H2,1H3,(H,18,19)/t13-/m0/s1. The molecule has 5 nitrogen and oxygen atoms in total. The number of para-hydroxylation sites is 1. The number of benzene rings is 1. The Hall–Kier alpha value is -1.45. The number of aryl methyl sites for hydroxylation is 1. The molecular weight excluding hydrogens is 374 g/mol. The molecule has 2 N–H and O–H groups in total. The molecule has 0 fully saturated rings. The summed E-state index contributed by atoms with van der Waals surface area (Å²) in [6.07, 6.45) is -0.526. The van der Waals surface area contributed by atoms with Gasteiger partial charge < -0.3 is 15.2 Å². The van der Waals surface area contributed by atoms with E-state index in [9.17, 15) is 5.11 Å². The van der Waals surface area contributed by atoms with Gasteiger partial charge in [-0.25, -0.2) is 0 Å². The average molecular weight is 394 g/mol. The van der Waals surface area contributed by atoms with Crippen molar-refractivity contribution in [1.82, 2.24) is 10.2 Å². The van der Waals surface area contributed by atoms with E-state index in [2.05, 4.69) is 15.5 Å². The zero-order valence-corrected chi connectivity index (χ0v) is 16.2. The summed E-state index contributed by atoms with van der Waals surface area (Å²) in [4.78, 5) is 1.16. The second-order valence-electron chi connectivity index (χ2n) is 5.37. The minimum Gasteiger partial charge on any atom is -0.390 e. The first-order valence-corrected chi connectivity index (χ1v) is 10.5. The quantitative estimate of drug-likeness (QED) is 0.528. The first kappa shape index (κ1) is 18.3. The lowest BCUT2D eigenvalue weighted by Gasteiger charge is -2.09. The van der Waals surface area contributed by atoms with Crippen molar-refractivity contribution in [2.45, 2.75) is 24.0 Å². The van der Waals surface area contributed by atoms with E-state index in [1.807, 2.05) is 48.7 Å². The fraction of sp³-hybridized carbons (Fsp3) is 0.294. The van der Waals surface area contributed by atoms with Crippen LogP contribution in [0.3, 0.4) is 0 Å². The maximum absolute atomic E-state index is 10.0. The Balaban J connectivity index is 1.41. The van der Waals surface area contributed by atoms with Gasteiger partial charge in [0.1, 0.15) is 0 Å². The predicted molar refractivity (Wildman–Crippen MR) is 105 cm³/mol. The molecule has 1 atom stereocenters. The SMILES string of the molecule is Cc1ccccc1Nc1nnc(SC[C@@H](O)COCc2cccs2)s1. The van der Waals surface area contributed by atoms with E-state index in [4.69, 9.17) is 4.74 Å². The zero-order chi connectivity index (χ0) is 17.5. The third-order valence-corrected chi connectivity index (χ3v) is 6.29. The van der Waals surface area contributed by atoms with Gasteiger partial charge in [-0.2, -0.15) is 0 Å². The first-order valence-electron chi connectivity index (χ1n) is 7.78. The Bertz CT molecular complexity index is 777. The number of hydrogen-bond acceptors (Lipinski definition) is 8. The number of hydrogen-bond donors (Lipinski definition) is 2. The summed E-state index contributed by atoms with van der Waals surface area (Å²) in [5, 5.41) is 24.4. The van der Waals surface area contributed by atoms with E-state index < -0.39 is 6.10 Å². The molecule has 0 amide bonds. The van der Waals surface area contributed by atoms with Gasteiger partial charge in [0.15, 0.2) is 4.34 Å². The van der Waals surface area contributed by atoms with Crippen molar-refractivity contribution in [3.8, 4) is 0 Å². The van der Waals surface area contributed by atoms with Crippen LogP contribution in [0, 0.1) is 6.92 Å². The summed E-state index contributed by atoms with van der Waals surface area (Å²) >= 11 is 4.62. The number of anilines is 2. The maximum Gasteiger partial charge on any atom is 0.210 e. The minimum absolute atomic E-state index is 0.317. The lowest BCUT2D eigenvalue weighted by atomic mass is 10.2. The monoisotopic (exact) mass is 393 g/mol. The molecule has 3 aromatic rings. The zero-order valence-electron chi connectivity index (χ0n) is 13.7. The molecule has 0 radical (unpaired) electrons. The smallest absolute Gasteiger partial charge is 0.210 e. The van der Waals surface area contributed by atoms with Gasteiger partial charge in [-0.3, -0.25) is 0 Å². The van der Waals surface area contributed by atoms with Gasteiger partial charge >= 0.3 is 0 Å². The number of rotatable bonds is 9. The molecule has 0 aliphatic carbocycles. The van der Waals surface area contributed by atoms with E-state index in [-0.39, 0.29) is 0 Å². The molecule has 8 heteroatoms. The van der Waals surface area contributed by atoms with Crippen LogP contribution in [-0.4, -0.2) is 33.8 Å². The minimum atomic E-state index is -0.526. The van der Waals surface area contributed by atoms with Crippen LogP contribution in [0.1, 0.15) is 10.4 Å². The molecular formula is C17H19N3O2S3. The van der Waals surface area contributed by atoms with Crippen LogP contribution < -0.4 is 5.32 Å². The second kappa shape index (κ2) is 9.30. The number of thioether (sulfide) groups is 1. The maximum atomic E-state index is 10.0. The van der Waals surface area contributed by atoms with Crippen LogP contribution in [0.4, 0.5) is 10.8 Å². The molecule has 2 heterocycles. The van der Waals surface area contributed by atoms with Gasteiger partial charge in [0.25, 0.3) is 0 Å². The van der Waals surface area contributed by atoms with Gasteiger partial charge in [0, 0.05) is 16.3 Å². The van der Waals surface area contributed by atoms with E-state index in [0.29, 0.717) is 19.0 Å². The average Bonchev–Trinajstić information content (AvgIpc) is 3.27. The van der Waals surface area contributed by atoms with Crippen LogP contribution >= 0.6 is 34.4 Å². The first-order chi connectivity index (χ1) is 12.2. The molecule has 0 saturated carbocycles. The summed E-state index contributed by atoms with van der Waals surface area (Å²) in [6, 6.07) is 12.1. The topological polar surface area (TPSA) is 67.3 Å². The molecule has 25 heavy (non-hydrogen) atoms. The number of thiophene rings is 1. The fourth-order valence-corrected chi connectivity index (χ4v) is 4.39. The van der Waals surface area contributed by atoms with Gasteiger partial charge in [0.2, 0.25) is 5.13 Å². The number of nitrogens with zero attached hydrogens (tertiary/aromatic N) is 2. The number of nitrogens with one attached hydrogen (secondary N) is 1. The lowest BCUT2D eigenvalue weighted by Crippen LogP contribution is -2.17. The summed E-state index contributed by atoms with van der Waals surface area (Å²) in [5.74, 6) is 0.531. The van der Waals surface area contributed by atoms with Crippen LogP contribution in [0.2, 0.25) is 0 Å². The number of aliphatic hydroxyl groups excluding tert-OH is 1. The largest absolute Gasteiger partial charge is 0.390 e. The van der Waals surface area contributed by atoms with Crippen molar-refractivity contribution >= 4 is 45.3 Å². The van der Waals surface area contributed by atoms with Gasteiger partial charge in [0.05, 0.1) is 19.3 Å². The predicted octanol–water partition coefficient (Wildman–Crippen LogP) is 4.32. The van der Waals surface area contributed by atoms with E-state index in [1.165, 1.54) is 23.1 Å². The molecule has 1 aromatic carbocycles. The highest BCUT2D eigenvalue weighted by Crippen LogP contribution is 2.29. The number of aliphatic hydroxyl groups is 1. The van der Waals surface area contributed by atoms with Crippen molar-refractivity contribution < 1.29 is 9.84 Å². The van der Waals surface area contributed by atoms with Crippen molar-refractivity contribution in [2.24, 2.45) is 0 Å². The van der Waals surface area contributed by atoms with Crippen LogP contribution in [0.15, 0.2) is 46.1 Å². The molecule has 0 unspecified atom stereocenters. The molecule has 2 aromatic heterocycles. The van der Waals surface area contributed by atoms with Gasteiger partial charge in [-0.15, -0.1) is 21.5 Å². The summed E-state index contributed by atoms with van der Waals surface area (Å²) in [6.45, 7) is 2.91. The van der Waals surface area contributed by atoms with E-state index in [0.717, 1.165) is 25.6 Å². The highest BCUT2D eigenvalue weighted by molar-refractivity contribution is 8.01. The van der Waals surface area contributed by atoms with Gasteiger partial charge in [-0.1, -0.05) is 47.4 Å². The molecule has 0 aliphatic rings. The number of aromatic nitrogens is 2. The Morgan fingerprint density at radius 2 is 2.12 bits per heavy atom. The van der Waals surface area contributed by atoms with Crippen LogP contribution in [0.5, 0.6) is 0 Å². The highest BCUT2D eigenvalue weighted by Gasteiger charge is 2.10. The highest BCUT2D eigenvalue weighted by atomic mass is 32.2. The third kappa shape index (κ3) is 5.79. The second-order valence-corrected chi connectivity index (χ2v) is 8.65. The molecule has 0 bridgehead atoms. The van der Waals surface area contributed by atoms with Crippen LogP contribution in [0.25, 0.3) is 0 Å². The summed E-state index contributed by atoms with van der Waals surface area (Å²) in [7, 11) is 0. The molecule has 0 saturated heterocycles. The fourth-order valence-electron chi connectivity index (χ4n) is 2.05. The Morgan fingerprint density at radius 3 is 2.92 bits per heavy atom. The Morgan fingerprint density at radius 1 is 1.24 bits per heavy atom. The Labute approximate surface area is 159 Å². The van der Waals surface area contributed by atoms with Crippen LogP contribution in [-0.2, 0) is 11.3 Å². The molecule has 132 valence electrons. The molecule has 0 aliphatic heterocycles. The lowest BCUT2D eigenvalue weighted by molar-refractivity contribution is 0.0409. The van der Waals surface area contributed by atoms with Crippen molar-refractivity contribution in [2.75, 3.05) is 17.7 Å². The Kier molecular flexibility index (Phi) is 6.83. The van der Waals surface area contributed by atoms with Crippen molar-refractivity contribution in [3.05, 3.63) is 52.2 Å². The van der Waals surface area contributed by atoms with E-state index >= 15 is 0 Å². The van der Waals surface area contributed by atoms with Gasteiger partial charge in [-0.05, 0) is 30.0 Å². The van der Waals surface area contributed by atoms with Crippen molar-refractivity contribution in [1.29, 1.82) is 0 Å². The van der Waals surface area contributed by atoms with Crippen molar-refractivity contribution in [3.63, 3.8) is 0 Å². The summed E-state index contributed by atoms with van der Waals surface area (Å²) in [5.41, 5.74) is 2.18. The summed E-state index contributed by atoms with van der Waals surface area (Å²) < 4.78 is 6.35. The molecule has 3 rings (SSSR count). The third-order valence-electron chi connectivity index (χ3n) is 3.33. The molecule has 0 spiro atoms. The normalized spacial score (nSPS) is 12.2. The number of ether oxygens (including phenoxy) is 1.